The number of amides is 1. The Balaban J connectivity index is 0.00000220. The van der Waals surface area contributed by atoms with Crippen LogP contribution < -0.4 is 5.76 Å². The van der Waals surface area contributed by atoms with E-state index in [1.807, 2.05) is 61.6 Å². The molecular weight excluding hydrogens is 544 g/mol. The van der Waals surface area contributed by atoms with Crippen LogP contribution in [-0.4, -0.2) is 58.2 Å². The second kappa shape index (κ2) is 13.7. The van der Waals surface area contributed by atoms with Crippen LogP contribution in [0.2, 0.25) is 0 Å². The summed E-state index contributed by atoms with van der Waals surface area (Å²) in [4.78, 5) is 30.1. The Morgan fingerprint density at radius 3 is 2.45 bits per heavy atom. The van der Waals surface area contributed by atoms with Gasteiger partial charge in [-0.1, -0.05) is 48.5 Å². The van der Waals surface area contributed by atoms with Crippen molar-refractivity contribution in [1.29, 1.82) is 5.26 Å². The van der Waals surface area contributed by atoms with E-state index in [1.165, 1.54) is 0 Å². The first-order chi connectivity index (χ1) is 18.4. The van der Waals surface area contributed by atoms with Crippen LogP contribution in [0, 0.1) is 11.3 Å². The number of rotatable bonds is 8. The highest BCUT2D eigenvalue weighted by Crippen LogP contribution is 2.25. The van der Waals surface area contributed by atoms with Crippen LogP contribution in [0.4, 0.5) is 0 Å². The predicted octanol–water partition coefficient (Wildman–Crippen LogP) is 3.55. The van der Waals surface area contributed by atoms with E-state index in [9.17, 15) is 14.7 Å². The molecule has 0 spiro atoms. The van der Waals surface area contributed by atoms with Crippen LogP contribution in [0.5, 0.6) is 0 Å². The molecule has 2 heterocycles. The van der Waals surface area contributed by atoms with E-state index in [-0.39, 0.29) is 51.5 Å². The van der Waals surface area contributed by atoms with Gasteiger partial charge in [0.15, 0.2) is 5.58 Å². The molecule has 1 saturated heterocycles. The molecule has 0 bridgehead atoms. The molecule has 3 aromatic carbocycles. The van der Waals surface area contributed by atoms with E-state index in [0.717, 1.165) is 29.7 Å². The summed E-state index contributed by atoms with van der Waals surface area (Å²) in [7, 11) is 1.82. The Morgan fingerprint density at radius 2 is 1.80 bits per heavy atom. The molecule has 2 atom stereocenters. The van der Waals surface area contributed by atoms with Crippen molar-refractivity contribution < 1.29 is 14.3 Å². The number of oxazole rings is 1. The van der Waals surface area contributed by atoms with E-state index in [1.54, 1.807) is 27.7 Å². The van der Waals surface area contributed by atoms with Gasteiger partial charge in [-0.2, -0.15) is 32.3 Å². The highest BCUT2D eigenvalue weighted by atomic mass is 32.1. The predicted molar refractivity (Wildman–Crippen MR) is 164 cm³/mol. The number of hydrogen-bond donors (Lipinski definition) is 1. The first-order valence-electron chi connectivity index (χ1n) is 12.7. The average Bonchev–Trinajstić information content (AvgIpc) is 3.49. The quantitative estimate of drug-likeness (QED) is 0.343. The van der Waals surface area contributed by atoms with Crippen LogP contribution in [0.15, 0.2) is 82.0 Å². The normalized spacial score (nSPS) is 15.6. The number of hydrogen-bond acceptors (Lipinski definition) is 6. The number of likely N-dealkylation sites (tertiary alicyclic amines) is 1. The summed E-state index contributed by atoms with van der Waals surface area (Å²) < 4.78 is 6.98. The van der Waals surface area contributed by atoms with Gasteiger partial charge >= 0.3 is 5.76 Å². The zero-order chi connectivity index (χ0) is 26.6. The number of benzene rings is 3. The van der Waals surface area contributed by atoms with Gasteiger partial charge in [-0.05, 0) is 47.4 Å². The molecule has 1 aliphatic rings. The van der Waals surface area contributed by atoms with Gasteiger partial charge in [-0.15, -0.1) is 0 Å². The molecule has 5 rings (SSSR count). The summed E-state index contributed by atoms with van der Waals surface area (Å²) in [5.41, 5.74) is 4.34. The third-order valence-electron chi connectivity index (χ3n) is 7.23. The second-order valence-corrected chi connectivity index (χ2v) is 9.87. The van der Waals surface area contributed by atoms with Gasteiger partial charge in [0.05, 0.1) is 42.3 Å². The van der Waals surface area contributed by atoms with Crippen molar-refractivity contribution in [3.05, 3.63) is 106 Å². The molecule has 1 aromatic heterocycles. The number of carbonyl (C=O) groups excluding carboxylic acids is 1. The lowest BCUT2D eigenvalue weighted by Crippen LogP contribution is -2.39. The van der Waals surface area contributed by atoms with Gasteiger partial charge in [-0.3, -0.25) is 14.3 Å². The monoisotopic (exact) mass is 578 g/mol. The van der Waals surface area contributed by atoms with Crippen molar-refractivity contribution >= 4 is 44.0 Å². The van der Waals surface area contributed by atoms with Crippen LogP contribution >= 0.6 is 27.0 Å². The zero-order valence-electron chi connectivity index (χ0n) is 22.3. The maximum Gasteiger partial charge on any atom is 0.420 e. The second-order valence-electron chi connectivity index (χ2n) is 9.87. The van der Waals surface area contributed by atoms with Gasteiger partial charge in [0.1, 0.15) is 0 Å². The molecule has 210 valence electrons. The van der Waals surface area contributed by atoms with Crippen LogP contribution in [0.3, 0.4) is 0 Å². The molecule has 1 fully saturated rings. The number of carbonyl (C=O) groups is 1. The number of aliphatic hydroxyl groups is 1. The van der Waals surface area contributed by atoms with E-state index >= 15 is 0 Å². The molecule has 1 aliphatic heterocycles. The number of nitriles is 1. The van der Waals surface area contributed by atoms with Gasteiger partial charge in [-0.25, -0.2) is 4.79 Å². The average molecular weight is 579 g/mol. The molecular formula is C30H34N4O4S2. The maximum absolute atomic E-state index is 13.5. The molecule has 4 aromatic rings. The molecule has 8 nitrogen and oxygen atoms in total. The topological polar surface area (TPSA) is 103 Å². The smallest absolute Gasteiger partial charge is 0.408 e. The highest BCUT2D eigenvalue weighted by Gasteiger charge is 2.28. The number of aliphatic hydroxyl groups excluding tert-OH is 1. The number of aromatic nitrogens is 1. The summed E-state index contributed by atoms with van der Waals surface area (Å²) in [5.74, 6) is -0.510. The standard InChI is InChI=1S/C30H30N4O4.2H2S/c1-32(27(24-5-3-2-4-6-24)20-33-14-13-25(35)19-33)29(36)16-23-11-12-28-26(15-23)34(30(37)38-28)18-22-9-7-21(17-31)8-10-22;;/h2-12,15,25,27,35H,13-14,16,18-20H2,1H3;2*1H2/t25-,27+;;/m0../s1. The van der Waals surface area contributed by atoms with E-state index < -0.39 is 5.76 Å². The Labute approximate surface area is 247 Å². The lowest BCUT2D eigenvalue weighted by atomic mass is 10.0. The third-order valence-corrected chi connectivity index (χ3v) is 7.23. The summed E-state index contributed by atoms with van der Waals surface area (Å²) in [6.45, 7) is 2.36. The van der Waals surface area contributed by atoms with Gasteiger partial charge < -0.3 is 14.4 Å². The first-order valence-corrected chi connectivity index (χ1v) is 12.7. The fourth-order valence-corrected chi connectivity index (χ4v) is 5.06. The molecule has 0 unspecified atom stereocenters. The van der Waals surface area contributed by atoms with Crippen molar-refractivity contribution in [2.75, 3.05) is 26.7 Å². The lowest BCUT2D eigenvalue weighted by Gasteiger charge is -2.32. The van der Waals surface area contributed by atoms with Gasteiger partial charge in [0, 0.05) is 26.7 Å². The fourth-order valence-electron chi connectivity index (χ4n) is 5.06. The number of β-amino-alcohol motifs (C(OH)–C–C–N with tert-alkyl or cyclic N) is 1. The summed E-state index contributed by atoms with van der Waals surface area (Å²) in [6, 6.07) is 24.3. The third kappa shape index (κ3) is 6.98. The summed E-state index contributed by atoms with van der Waals surface area (Å²) >= 11 is 0. The van der Waals surface area contributed by atoms with Crippen molar-refractivity contribution in [2.24, 2.45) is 0 Å². The molecule has 1 amide bonds. The highest BCUT2D eigenvalue weighted by molar-refractivity contribution is 7.59. The summed E-state index contributed by atoms with van der Waals surface area (Å²) in [5, 5.41) is 19.0. The number of fused-ring (bicyclic) bond motifs is 1. The molecule has 0 radical (unpaired) electrons. The minimum Gasteiger partial charge on any atom is -0.408 e. The fraction of sp³-hybridized carbons (Fsp3) is 0.300. The van der Waals surface area contributed by atoms with Crippen molar-refractivity contribution in [2.45, 2.75) is 31.5 Å². The first kappa shape index (κ1) is 31.0. The van der Waals surface area contributed by atoms with Crippen molar-refractivity contribution in [3.63, 3.8) is 0 Å². The zero-order valence-corrected chi connectivity index (χ0v) is 24.3. The Bertz CT molecular complexity index is 1530. The summed E-state index contributed by atoms with van der Waals surface area (Å²) in [6.07, 6.45) is 0.596. The van der Waals surface area contributed by atoms with Crippen LogP contribution in [0.25, 0.3) is 11.1 Å². The Kier molecular flexibility index (Phi) is 10.7. The largest absolute Gasteiger partial charge is 0.420 e. The SMILES string of the molecule is CN(C(=O)Cc1ccc2oc(=O)n(Cc3ccc(C#N)cc3)c2c1)[C@H](CN1CC[C@H](O)C1)c1ccccc1.S.S. The minimum absolute atomic E-state index is 0. The molecule has 0 aliphatic carbocycles. The molecule has 0 saturated carbocycles. The van der Waals surface area contributed by atoms with Gasteiger partial charge in [0.2, 0.25) is 5.91 Å². The molecule has 40 heavy (non-hydrogen) atoms. The lowest BCUT2D eigenvalue weighted by molar-refractivity contribution is -0.131. The van der Waals surface area contributed by atoms with Crippen LogP contribution in [-0.2, 0) is 17.8 Å². The van der Waals surface area contributed by atoms with Crippen molar-refractivity contribution in [1.82, 2.24) is 14.4 Å². The Hall–Kier alpha value is -3.49. The van der Waals surface area contributed by atoms with Crippen molar-refractivity contribution in [3.8, 4) is 6.07 Å². The number of likely N-dealkylation sites (N-methyl/N-ethyl adjacent to an activating group) is 1. The van der Waals surface area contributed by atoms with E-state index in [2.05, 4.69) is 11.0 Å². The molecule has 10 heteroatoms. The van der Waals surface area contributed by atoms with Gasteiger partial charge in [0.25, 0.3) is 0 Å². The van der Waals surface area contributed by atoms with E-state index in [4.69, 9.17) is 9.68 Å². The van der Waals surface area contributed by atoms with Crippen LogP contribution in [0.1, 0.15) is 34.7 Å². The van der Waals surface area contributed by atoms with E-state index in [0.29, 0.717) is 36.3 Å². The number of nitrogens with zero attached hydrogens (tertiary/aromatic N) is 4. The maximum atomic E-state index is 13.5. The molecule has 1 N–H and O–H groups in total. The Morgan fingerprint density at radius 1 is 1.10 bits per heavy atom. The minimum atomic E-state index is -0.470.